The zero-order chi connectivity index (χ0) is 9.42. The van der Waals surface area contributed by atoms with Gasteiger partial charge in [0.15, 0.2) is 11.0 Å². The zero-order valence-electron chi connectivity index (χ0n) is 7.48. The Morgan fingerprint density at radius 2 is 2.31 bits per heavy atom. The van der Waals surface area contributed by atoms with Crippen molar-refractivity contribution < 1.29 is 0 Å². The molecule has 0 aliphatic heterocycles. The largest absolute Gasteiger partial charge is 0.375 e. The average molecular weight is 194 g/mol. The average Bonchev–Trinajstić information content (AvgIpc) is 2.58. The third kappa shape index (κ3) is 1.31. The van der Waals surface area contributed by atoms with Gasteiger partial charge in [0.25, 0.3) is 0 Å². The van der Waals surface area contributed by atoms with Crippen molar-refractivity contribution in [3.63, 3.8) is 0 Å². The minimum atomic E-state index is 0.593. The van der Waals surface area contributed by atoms with Gasteiger partial charge >= 0.3 is 0 Å². The predicted molar refractivity (Wildman–Crippen MR) is 53.5 cm³/mol. The third-order valence-corrected chi connectivity index (χ3v) is 2.65. The smallest absolute Gasteiger partial charge is 0.180 e. The van der Waals surface area contributed by atoms with Gasteiger partial charge < -0.3 is 10.3 Å². The fraction of sp³-hybridized carbons (Fsp3) is 0.250. The molecule has 13 heavy (non-hydrogen) atoms. The SMILES string of the molecule is Cc1sc(N)nc1-c1nccn1C. The number of nitrogen functional groups attached to an aromatic ring is 1. The second-order valence-corrected chi connectivity index (χ2v) is 4.05. The third-order valence-electron chi connectivity index (χ3n) is 1.85. The molecule has 2 heterocycles. The molecule has 0 radical (unpaired) electrons. The Labute approximate surface area is 80.1 Å². The summed E-state index contributed by atoms with van der Waals surface area (Å²) in [6.45, 7) is 2.00. The highest BCUT2D eigenvalue weighted by Crippen LogP contribution is 2.26. The number of aromatic nitrogens is 3. The summed E-state index contributed by atoms with van der Waals surface area (Å²) in [5, 5.41) is 0.593. The molecule has 0 unspecified atom stereocenters. The molecule has 0 bridgehead atoms. The summed E-state index contributed by atoms with van der Waals surface area (Å²) < 4.78 is 1.93. The lowest BCUT2D eigenvalue weighted by molar-refractivity contribution is 0.918. The summed E-state index contributed by atoms with van der Waals surface area (Å²) in [6.07, 6.45) is 3.65. The van der Waals surface area contributed by atoms with Gasteiger partial charge in [-0.05, 0) is 6.92 Å². The Bertz CT molecular complexity index is 429. The van der Waals surface area contributed by atoms with Gasteiger partial charge in [-0.2, -0.15) is 0 Å². The van der Waals surface area contributed by atoms with E-state index in [1.165, 1.54) is 11.3 Å². The first-order chi connectivity index (χ1) is 6.18. The van der Waals surface area contributed by atoms with Crippen LogP contribution in [-0.2, 0) is 7.05 Å². The number of anilines is 1. The van der Waals surface area contributed by atoms with Gasteiger partial charge in [0.05, 0.1) is 0 Å². The van der Waals surface area contributed by atoms with Crippen molar-refractivity contribution in [2.24, 2.45) is 7.05 Å². The molecular formula is C8H10N4S. The molecule has 0 aliphatic rings. The van der Waals surface area contributed by atoms with Crippen LogP contribution in [0.1, 0.15) is 4.88 Å². The first-order valence-corrected chi connectivity index (χ1v) is 4.70. The van der Waals surface area contributed by atoms with Crippen molar-refractivity contribution in [2.75, 3.05) is 5.73 Å². The second kappa shape index (κ2) is 2.85. The molecule has 4 nitrogen and oxygen atoms in total. The van der Waals surface area contributed by atoms with Gasteiger partial charge in [0, 0.05) is 24.3 Å². The van der Waals surface area contributed by atoms with Crippen LogP contribution >= 0.6 is 11.3 Å². The number of imidazole rings is 1. The predicted octanol–water partition coefficient (Wildman–Crippen LogP) is 1.43. The molecule has 2 N–H and O–H groups in total. The Morgan fingerprint density at radius 3 is 2.77 bits per heavy atom. The van der Waals surface area contributed by atoms with Crippen LogP contribution in [0.2, 0.25) is 0 Å². The first-order valence-electron chi connectivity index (χ1n) is 3.89. The van der Waals surface area contributed by atoms with Gasteiger partial charge in [0.1, 0.15) is 5.69 Å². The molecule has 5 heteroatoms. The van der Waals surface area contributed by atoms with Crippen LogP contribution in [0.4, 0.5) is 5.13 Å². The maximum atomic E-state index is 5.61. The summed E-state index contributed by atoms with van der Waals surface area (Å²) in [5.41, 5.74) is 6.49. The van der Waals surface area contributed by atoms with Crippen LogP contribution in [0.15, 0.2) is 12.4 Å². The molecule has 2 aromatic rings. The van der Waals surface area contributed by atoms with E-state index in [4.69, 9.17) is 5.73 Å². The molecule has 0 saturated carbocycles. The lowest BCUT2D eigenvalue weighted by Gasteiger charge is -1.97. The molecule has 0 saturated heterocycles. The molecule has 68 valence electrons. The number of thiazole rings is 1. The van der Waals surface area contributed by atoms with Crippen molar-refractivity contribution >= 4 is 16.5 Å². The van der Waals surface area contributed by atoms with Gasteiger partial charge in [-0.25, -0.2) is 9.97 Å². The van der Waals surface area contributed by atoms with E-state index < -0.39 is 0 Å². The summed E-state index contributed by atoms with van der Waals surface area (Å²) in [4.78, 5) is 9.54. The molecule has 2 aromatic heterocycles. The monoisotopic (exact) mass is 194 g/mol. The van der Waals surface area contributed by atoms with Gasteiger partial charge in [-0.1, -0.05) is 0 Å². The molecule has 0 amide bonds. The molecule has 0 fully saturated rings. The first kappa shape index (κ1) is 8.25. The number of hydrogen-bond acceptors (Lipinski definition) is 4. The standard InChI is InChI=1S/C8H10N4S/c1-5-6(11-8(9)13-5)7-10-3-4-12(7)2/h3-4H,1-2H3,(H2,9,11). The Morgan fingerprint density at radius 1 is 1.54 bits per heavy atom. The molecule has 0 aliphatic carbocycles. The Kier molecular flexibility index (Phi) is 1.81. The number of rotatable bonds is 1. The van der Waals surface area contributed by atoms with Crippen molar-refractivity contribution in [3.05, 3.63) is 17.3 Å². The van der Waals surface area contributed by atoms with Crippen LogP contribution in [0, 0.1) is 6.92 Å². The Balaban J connectivity index is 2.58. The minimum Gasteiger partial charge on any atom is -0.375 e. The van der Waals surface area contributed by atoms with Crippen LogP contribution in [-0.4, -0.2) is 14.5 Å². The van der Waals surface area contributed by atoms with E-state index in [-0.39, 0.29) is 0 Å². The van der Waals surface area contributed by atoms with Crippen molar-refractivity contribution in [1.82, 2.24) is 14.5 Å². The van der Waals surface area contributed by atoms with Crippen molar-refractivity contribution in [1.29, 1.82) is 0 Å². The van der Waals surface area contributed by atoms with E-state index in [2.05, 4.69) is 9.97 Å². The summed E-state index contributed by atoms with van der Waals surface area (Å²) in [7, 11) is 1.94. The zero-order valence-corrected chi connectivity index (χ0v) is 8.30. The number of aryl methyl sites for hydroxylation is 2. The van der Waals surface area contributed by atoms with E-state index in [1.54, 1.807) is 6.20 Å². The number of nitrogens with zero attached hydrogens (tertiary/aromatic N) is 3. The number of nitrogens with two attached hydrogens (primary N) is 1. The summed E-state index contributed by atoms with van der Waals surface area (Å²) in [5.74, 6) is 0.866. The van der Waals surface area contributed by atoms with E-state index in [0.717, 1.165) is 16.4 Å². The van der Waals surface area contributed by atoms with Gasteiger partial charge in [0.2, 0.25) is 0 Å². The topological polar surface area (TPSA) is 56.7 Å². The van der Waals surface area contributed by atoms with Gasteiger partial charge in [-0.3, -0.25) is 0 Å². The highest BCUT2D eigenvalue weighted by atomic mass is 32.1. The fourth-order valence-corrected chi connectivity index (χ4v) is 1.90. The van der Waals surface area contributed by atoms with E-state index >= 15 is 0 Å². The quantitative estimate of drug-likeness (QED) is 0.747. The van der Waals surface area contributed by atoms with Crippen molar-refractivity contribution in [2.45, 2.75) is 6.92 Å². The maximum Gasteiger partial charge on any atom is 0.180 e. The number of hydrogen-bond donors (Lipinski definition) is 1. The van der Waals surface area contributed by atoms with E-state index in [9.17, 15) is 0 Å². The second-order valence-electron chi connectivity index (χ2n) is 2.82. The lowest BCUT2D eigenvalue weighted by Crippen LogP contribution is -1.93. The normalized spacial score (nSPS) is 10.6. The van der Waals surface area contributed by atoms with Crippen molar-refractivity contribution in [3.8, 4) is 11.5 Å². The molecule has 0 atom stereocenters. The van der Waals surface area contributed by atoms with Crippen LogP contribution < -0.4 is 5.73 Å². The summed E-state index contributed by atoms with van der Waals surface area (Å²) >= 11 is 1.49. The van der Waals surface area contributed by atoms with Gasteiger partial charge in [-0.15, -0.1) is 11.3 Å². The molecule has 0 aromatic carbocycles. The minimum absolute atomic E-state index is 0.593. The van der Waals surface area contributed by atoms with Crippen LogP contribution in [0.5, 0.6) is 0 Å². The summed E-state index contributed by atoms with van der Waals surface area (Å²) in [6, 6.07) is 0. The van der Waals surface area contributed by atoms with Crippen LogP contribution in [0.25, 0.3) is 11.5 Å². The highest BCUT2D eigenvalue weighted by molar-refractivity contribution is 7.15. The molecular weight excluding hydrogens is 184 g/mol. The van der Waals surface area contributed by atoms with Crippen LogP contribution in [0.3, 0.4) is 0 Å². The van der Waals surface area contributed by atoms with E-state index in [0.29, 0.717) is 5.13 Å². The Hall–Kier alpha value is -1.36. The lowest BCUT2D eigenvalue weighted by atomic mass is 10.3. The fourth-order valence-electron chi connectivity index (χ4n) is 1.22. The van der Waals surface area contributed by atoms with E-state index in [1.807, 2.05) is 24.7 Å². The molecule has 2 rings (SSSR count). The maximum absolute atomic E-state index is 5.61. The molecule has 0 spiro atoms. The highest BCUT2D eigenvalue weighted by Gasteiger charge is 2.11.